The van der Waals surface area contributed by atoms with Crippen molar-refractivity contribution >= 4 is 11.6 Å². The van der Waals surface area contributed by atoms with Gasteiger partial charge in [0.1, 0.15) is 12.1 Å². The number of hydrogen-bond acceptors (Lipinski definition) is 5. The molecule has 0 aliphatic carbocycles. The van der Waals surface area contributed by atoms with Crippen molar-refractivity contribution < 1.29 is 4.79 Å². The van der Waals surface area contributed by atoms with Crippen molar-refractivity contribution in [3.8, 4) is 0 Å². The molecule has 1 aliphatic rings. The molecule has 3 rings (SSSR count). The molecule has 18 heavy (non-hydrogen) atoms. The Morgan fingerprint density at radius 1 is 1.39 bits per heavy atom. The fourth-order valence-electron chi connectivity index (χ4n) is 2.17. The Labute approximate surface area is 104 Å². The first kappa shape index (κ1) is 10.9. The van der Waals surface area contributed by atoms with Crippen LogP contribution in [0.4, 0.5) is 5.82 Å². The molecule has 2 aromatic rings. The van der Waals surface area contributed by atoms with Gasteiger partial charge < -0.3 is 9.47 Å². The topological polar surface area (TPSA) is 63.9 Å². The Kier molecular flexibility index (Phi) is 2.55. The molecule has 92 valence electrons. The van der Waals surface area contributed by atoms with Crippen molar-refractivity contribution in [2.24, 2.45) is 0 Å². The number of nitrogens with zero attached hydrogens (tertiary/aromatic N) is 5. The molecule has 0 N–H and O–H groups in total. The Morgan fingerprint density at radius 2 is 2.28 bits per heavy atom. The lowest BCUT2D eigenvalue weighted by Crippen LogP contribution is -2.35. The maximum absolute atomic E-state index is 11.6. The van der Waals surface area contributed by atoms with Crippen LogP contribution in [0.5, 0.6) is 0 Å². The van der Waals surface area contributed by atoms with Crippen LogP contribution in [0.3, 0.4) is 0 Å². The Balaban J connectivity index is 1.95. The highest BCUT2D eigenvalue weighted by Gasteiger charge is 2.21. The summed E-state index contributed by atoms with van der Waals surface area (Å²) < 4.78 is 2.02. The zero-order valence-corrected chi connectivity index (χ0v) is 10.1. The maximum Gasteiger partial charge on any atom is 0.163 e. The fraction of sp³-hybridized carbons (Fsp3) is 0.333. The van der Waals surface area contributed by atoms with E-state index in [4.69, 9.17) is 0 Å². The van der Waals surface area contributed by atoms with Crippen LogP contribution in [0, 0.1) is 0 Å². The fourth-order valence-corrected chi connectivity index (χ4v) is 2.17. The summed E-state index contributed by atoms with van der Waals surface area (Å²) in [6.45, 7) is 3.82. The number of rotatable bonds is 2. The van der Waals surface area contributed by atoms with Gasteiger partial charge >= 0.3 is 0 Å². The number of Topliss-reactive ketones (excluding diaryl/α,β-unsaturated/α-hetero) is 1. The molecule has 0 atom stereocenters. The van der Waals surface area contributed by atoms with Crippen molar-refractivity contribution in [1.82, 2.24) is 19.7 Å². The van der Waals surface area contributed by atoms with E-state index in [1.165, 1.54) is 0 Å². The summed E-state index contributed by atoms with van der Waals surface area (Å²) in [6.07, 6.45) is 3.44. The average molecular weight is 243 g/mol. The number of carbonyl (C=O) groups excluding carboxylic acids is 1. The quantitative estimate of drug-likeness (QED) is 0.733. The summed E-state index contributed by atoms with van der Waals surface area (Å²) in [5, 5.41) is 7.95. The minimum Gasteiger partial charge on any atom is -0.347 e. The molecule has 0 saturated carbocycles. The smallest absolute Gasteiger partial charge is 0.163 e. The Morgan fingerprint density at radius 3 is 3.11 bits per heavy atom. The normalized spacial score (nSPS) is 14.4. The number of fused-ring (bicyclic) bond motifs is 1. The van der Waals surface area contributed by atoms with Crippen LogP contribution in [0.2, 0.25) is 0 Å². The van der Waals surface area contributed by atoms with Gasteiger partial charge in [0.25, 0.3) is 0 Å². The van der Waals surface area contributed by atoms with Gasteiger partial charge in [0.05, 0.1) is 12.1 Å². The molecular formula is C12H13N5O. The highest BCUT2D eigenvalue weighted by atomic mass is 16.1. The van der Waals surface area contributed by atoms with Gasteiger partial charge in [0.2, 0.25) is 0 Å². The van der Waals surface area contributed by atoms with Crippen molar-refractivity contribution in [1.29, 1.82) is 0 Å². The molecule has 0 saturated heterocycles. The number of anilines is 1. The molecule has 0 bridgehead atoms. The second kappa shape index (κ2) is 4.21. The minimum atomic E-state index is 0.0325. The Hall–Kier alpha value is -2.24. The Bertz CT molecular complexity index is 592. The predicted octanol–water partition coefficient (Wildman–Crippen LogP) is 0.896. The van der Waals surface area contributed by atoms with Crippen molar-refractivity contribution in [2.45, 2.75) is 20.0 Å². The summed E-state index contributed by atoms with van der Waals surface area (Å²) in [7, 11) is 0. The third-order valence-corrected chi connectivity index (χ3v) is 3.10. The lowest BCUT2D eigenvalue weighted by atomic mass is 10.1. The third-order valence-electron chi connectivity index (χ3n) is 3.10. The molecular weight excluding hydrogens is 230 g/mol. The lowest BCUT2D eigenvalue weighted by molar-refractivity contribution is 0.101. The SMILES string of the molecule is CC(=O)c1cccnc1N1CCn2cnnc2C1. The van der Waals surface area contributed by atoms with Gasteiger partial charge in [-0.2, -0.15) is 0 Å². The van der Waals surface area contributed by atoms with Gasteiger partial charge in [-0.25, -0.2) is 4.98 Å². The lowest BCUT2D eigenvalue weighted by Gasteiger charge is -2.29. The molecule has 1 aliphatic heterocycles. The van der Waals surface area contributed by atoms with Crippen molar-refractivity contribution in [2.75, 3.05) is 11.4 Å². The van der Waals surface area contributed by atoms with Crippen LogP contribution in [-0.2, 0) is 13.1 Å². The van der Waals surface area contributed by atoms with Crippen LogP contribution >= 0.6 is 0 Å². The first-order valence-electron chi connectivity index (χ1n) is 5.83. The molecule has 0 unspecified atom stereocenters. The molecule has 6 heteroatoms. The molecule has 0 amide bonds. The summed E-state index contributed by atoms with van der Waals surface area (Å²) in [6, 6.07) is 3.59. The summed E-state index contributed by atoms with van der Waals surface area (Å²) in [4.78, 5) is 18.0. The molecule has 6 nitrogen and oxygen atoms in total. The molecule has 3 heterocycles. The van der Waals surface area contributed by atoms with Crippen molar-refractivity contribution in [3.63, 3.8) is 0 Å². The molecule has 0 spiro atoms. The molecule has 0 aromatic carbocycles. The monoisotopic (exact) mass is 243 g/mol. The summed E-state index contributed by atoms with van der Waals surface area (Å²) in [5.41, 5.74) is 0.658. The van der Waals surface area contributed by atoms with E-state index in [1.807, 2.05) is 10.6 Å². The molecule has 2 aromatic heterocycles. The first-order valence-corrected chi connectivity index (χ1v) is 5.83. The largest absolute Gasteiger partial charge is 0.347 e. The van der Waals surface area contributed by atoms with Gasteiger partial charge in [-0.15, -0.1) is 10.2 Å². The van der Waals surface area contributed by atoms with E-state index in [0.717, 1.165) is 24.7 Å². The van der Waals surface area contributed by atoms with Crippen LogP contribution in [0.25, 0.3) is 0 Å². The highest BCUT2D eigenvalue weighted by Crippen LogP contribution is 2.21. The highest BCUT2D eigenvalue weighted by molar-refractivity contribution is 5.98. The number of pyridine rings is 1. The second-order valence-corrected chi connectivity index (χ2v) is 4.29. The van der Waals surface area contributed by atoms with Crippen LogP contribution in [0.15, 0.2) is 24.7 Å². The van der Waals surface area contributed by atoms with Crippen LogP contribution in [0.1, 0.15) is 23.1 Å². The number of carbonyl (C=O) groups is 1. The molecule has 0 fully saturated rings. The first-order chi connectivity index (χ1) is 8.75. The van der Waals surface area contributed by atoms with E-state index < -0.39 is 0 Å². The average Bonchev–Trinajstić information content (AvgIpc) is 2.85. The summed E-state index contributed by atoms with van der Waals surface area (Å²) in [5.74, 6) is 1.67. The van der Waals surface area contributed by atoms with E-state index >= 15 is 0 Å². The van der Waals surface area contributed by atoms with Gasteiger partial charge in [0, 0.05) is 19.3 Å². The standard InChI is InChI=1S/C12H13N5O/c1-9(18)10-3-2-4-13-12(10)16-5-6-17-8-14-15-11(17)7-16/h2-4,8H,5-7H2,1H3. The van der Waals surface area contributed by atoms with E-state index in [-0.39, 0.29) is 5.78 Å². The van der Waals surface area contributed by atoms with E-state index in [9.17, 15) is 4.79 Å². The number of ketones is 1. The van der Waals surface area contributed by atoms with Gasteiger partial charge in [0.15, 0.2) is 11.6 Å². The predicted molar refractivity (Wildman–Crippen MR) is 65.3 cm³/mol. The zero-order valence-electron chi connectivity index (χ0n) is 10.1. The van der Waals surface area contributed by atoms with Gasteiger partial charge in [-0.3, -0.25) is 4.79 Å². The maximum atomic E-state index is 11.6. The number of aromatic nitrogens is 4. The van der Waals surface area contributed by atoms with Gasteiger partial charge in [-0.1, -0.05) is 0 Å². The molecule has 0 radical (unpaired) electrons. The van der Waals surface area contributed by atoms with Crippen molar-refractivity contribution in [3.05, 3.63) is 36.0 Å². The van der Waals surface area contributed by atoms with E-state index in [2.05, 4.69) is 20.1 Å². The van der Waals surface area contributed by atoms with Crippen LogP contribution < -0.4 is 4.90 Å². The van der Waals surface area contributed by atoms with E-state index in [1.54, 1.807) is 25.5 Å². The van der Waals surface area contributed by atoms with Crippen LogP contribution in [-0.4, -0.2) is 32.1 Å². The van der Waals surface area contributed by atoms with Gasteiger partial charge in [-0.05, 0) is 19.1 Å². The minimum absolute atomic E-state index is 0.0325. The summed E-state index contributed by atoms with van der Waals surface area (Å²) >= 11 is 0. The second-order valence-electron chi connectivity index (χ2n) is 4.29. The van der Waals surface area contributed by atoms with E-state index in [0.29, 0.717) is 12.1 Å². The third kappa shape index (κ3) is 1.75. The zero-order chi connectivity index (χ0) is 12.5. The number of hydrogen-bond donors (Lipinski definition) is 0.